The molecule has 2 aromatic heterocycles. The molecular weight excluding hydrogens is 507 g/mol. The van der Waals surface area contributed by atoms with Crippen LogP contribution in [0.1, 0.15) is 33.1 Å². The van der Waals surface area contributed by atoms with E-state index in [4.69, 9.17) is 22.4 Å². The van der Waals surface area contributed by atoms with Crippen molar-refractivity contribution in [3.8, 4) is 17.2 Å². The number of aromatic nitrogens is 2. The molecule has 0 saturated carbocycles. The molecule has 4 rings (SSSR count). The van der Waals surface area contributed by atoms with Gasteiger partial charge in [0.2, 0.25) is 5.89 Å². The number of halogens is 3. The summed E-state index contributed by atoms with van der Waals surface area (Å²) in [5, 5.41) is 16.0. The van der Waals surface area contributed by atoms with E-state index in [0.29, 0.717) is 11.5 Å². The molecule has 0 aliphatic heterocycles. The number of rotatable bonds is 7. The van der Waals surface area contributed by atoms with Gasteiger partial charge in [-0.15, -0.1) is 0 Å². The molecular formula is C25H22F3N5O3S. The number of carbonyl (C=O) groups is 1. The molecule has 2 aromatic carbocycles. The summed E-state index contributed by atoms with van der Waals surface area (Å²) < 4.78 is 44.9. The first-order valence-electron chi connectivity index (χ1n) is 11.1. The molecule has 1 amide bonds. The third kappa shape index (κ3) is 5.70. The Morgan fingerprint density at radius 2 is 1.76 bits per heavy atom. The molecule has 5 N–H and O–H groups in total. The quantitative estimate of drug-likeness (QED) is 0.209. The number of nitrogens with zero attached hydrogens (tertiary/aromatic N) is 2. The Morgan fingerprint density at radius 1 is 1.05 bits per heavy atom. The van der Waals surface area contributed by atoms with Crippen LogP contribution in [0.4, 0.5) is 13.2 Å². The maximum atomic E-state index is 13.1. The van der Waals surface area contributed by atoms with Crippen LogP contribution in [0.5, 0.6) is 5.75 Å². The van der Waals surface area contributed by atoms with E-state index in [-0.39, 0.29) is 46.9 Å². The monoisotopic (exact) mass is 529 g/mol. The summed E-state index contributed by atoms with van der Waals surface area (Å²) in [6.07, 6.45) is -4.68. The lowest BCUT2D eigenvalue weighted by molar-refractivity contribution is -0.140. The summed E-state index contributed by atoms with van der Waals surface area (Å²) >= 11 is 5.36. The molecule has 0 bridgehead atoms. The number of pyridine rings is 1. The lowest BCUT2D eigenvalue weighted by Gasteiger charge is -2.09. The Kier molecular flexibility index (Phi) is 7.41. The van der Waals surface area contributed by atoms with Crippen LogP contribution in [0.15, 0.2) is 52.9 Å². The second kappa shape index (κ2) is 10.5. The number of amides is 1. The largest absolute Gasteiger partial charge is 0.506 e. The Hall–Kier alpha value is -4.03. The van der Waals surface area contributed by atoms with Gasteiger partial charge < -0.3 is 25.9 Å². The third-order valence-electron chi connectivity index (χ3n) is 5.46. The van der Waals surface area contributed by atoms with Gasteiger partial charge in [0.1, 0.15) is 21.9 Å². The highest BCUT2D eigenvalue weighted by atomic mass is 32.1. The van der Waals surface area contributed by atoms with Crippen LogP contribution in [0, 0.1) is 6.92 Å². The van der Waals surface area contributed by atoms with Crippen LogP contribution in [-0.4, -0.2) is 39.1 Å². The molecule has 37 heavy (non-hydrogen) atoms. The molecule has 0 unspecified atom stereocenters. The Morgan fingerprint density at radius 3 is 2.43 bits per heavy atom. The molecule has 12 heteroatoms. The number of aromatic hydroxyl groups is 1. The number of fused-ring (bicyclic) bond motifs is 1. The van der Waals surface area contributed by atoms with Crippen LogP contribution in [-0.2, 0) is 12.7 Å². The number of phenols is 1. The predicted molar refractivity (Wildman–Crippen MR) is 135 cm³/mol. The number of nitrogens with two attached hydrogens (primary N) is 1. The molecule has 0 spiro atoms. The van der Waals surface area contributed by atoms with Crippen molar-refractivity contribution in [1.29, 1.82) is 0 Å². The predicted octanol–water partition coefficient (Wildman–Crippen LogP) is 4.08. The van der Waals surface area contributed by atoms with Gasteiger partial charge in [0.25, 0.3) is 5.91 Å². The second-order valence-corrected chi connectivity index (χ2v) is 8.50. The molecule has 2 heterocycles. The first-order valence-corrected chi connectivity index (χ1v) is 11.5. The van der Waals surface area contributed by atoms with E-state index < -0.39 is 23.5 Å². The average Bonchev–Trinajstić information content (AvgIpc) is 3.31. The second-order valence-electron chi connectivity index (χ2n) is 8.10. The highest BCUT2D eigenvalue weighted by molar-refractivity contribution is 7.80. The highest BCUT2D eigenvalue weighted by Crippen LogP contribution is 2.36. The molecule has 8 nitrogen and oxygen atoms in total. The van der Waals surface area contributed by atoms with Crippen LogP contribution < -0.4 is 16.4 Å². The van der Waals surface area contributed by atoms with Crippen molar-refractivity contribution >= 4 is 34.0 Å². The lowest BCUT2D eigenvalue weighted by Crippen LogP contribution is -2.34. The fraction of sp³-hybridized carbons (Fsp3) is 0.200. The van der Waals surface area contributed by atoms with Gasteiger partial charge in [-0.2, -0.15) is 13.2 Å². The van der Waals surface area contributed by atoms with Gasteiger partial charge in [-0.3, -0.25) is 4.79 Å². The van der Waals surface area contributed by atoms with Crippen molar-refractivity contribution in [2.75, 3.05) is 13.1 Å². The molecule has 0 radical (unpaired) electrons. The minimum atomic E-state index is -4.68. The van der Waals surface area contributed by atoms with Crippen molar-refractivity contribution in [3.63, 3.8) is 0 Å². The SMILES string of the molecule is Cc1ccc(C(=S)NCCNC(=O)c2nc(-c3ccc(O)c4nc(C(F)(F)F)ccc34)oc2CN)cc1. The summed E-state index contributed by atoms with van der Waals surface area (Å²) in [5.74, 6) is -0.934. The summed E-state index contributed by atoms with van der Waals surface area (Å²) in [7, 11) is 0. The van der Waals surface area contributed by atoms with E-state index in [9.17, 15) is 23.1 Å². The normalized spacial score (nSPS) is 11.5. The van der Waals surface area contributed by atoms with Crippen LogP contribution in [0.3, 0.4) is 0 Å². The lowest BCUT2D eigenvalue weighted by atomic mass is 10.1. The molecule has 0 aliphatic carbocycles. The maximum Gasteiger partial charge on any atom is 0.433 e. The fourth-order valence-electron chi connectivity index (χ4n) is 3.57. The number of phenolic OH excluding ortho intramolecular Hbond substituents is 1. The van der Waals surface area contributed by atoms with Crippen molar-refractivity contribution in [2.45, 2.75) is 19.6 Å². The third-order valence-corrected chi connectivity index (χ3v) is 5.84. The standard InChI is InChI=1S/C25H22F3N5O3S/c1-13-2-4-14(5-3-13)24(37)31-11-10-30-22(35)21-18(12-29)36-23(33-21)16-6-8-17(34)20-15(16)7-9-19(32-20)25(26,27)28/h2-9,34H,10-12,29H2,1H3,(H,30,35)(H,31,37). The van der Waals surface area contributed by atoms with E-state index in [0.717, 1.165) is 23.3 Å². The topological polar surface area (TPSA) is 126 Å². The Balaban J connectivity index is 1.50. The summed E-state index contributed by atoms with van der Waals surface area (Å²) in [6.45, 7) is 2.42. The summed E-state index contributed by atoms with van der Waals surface area (Å²) in [5.41, 5.74) is 6.46. The maximum absolute atomic E-state index is 13.1. The summed E-state index contributed by atoms with van der Waals surface area (Å²) in [6, 6.07) is 12.2. The number of hydrogen-bond donors (Lipinski definition) is 4. The molecule has 4 aromatic rings. The zero-order chi connectivity index (χ0) is 26.7. The number of aryl methyl sites for hydroxylation is 1. The van der Waals surface area contributed by atoms with Gasteiger partial charge in [0.05, 0.1) is 6.54 Å². The number of nitrogens with one attached hydrogen (secondary N) is 2. The fourth-order valence-corrected chi connectivity index (χ4v) is 3.81. The number of thiocarbonyl (C=S) groups is 1. The van der Waals surface area contributed by atoms with Gasteiger partial charge in [0, 0.05) is 29.6 Å². The van der Waals surface area contributed by atoms with E-state index in [1.807, 2.05) is 31.2 Å². The van der Waals surface area contributed by atoms with Crippen LogP contribution >= 0.6 is 12.2 Å². The number of benzene rings is 2. The minimum Gasteiger partial charge on any atom is -0.506 e. The van der Waals surface area contributed by atoms with Gasteiger partial charge in [-0.05, 0) is 31.2 Å². The number of oxazole rings is 1. The Labute approximate surface area is 214 Å². The molecule has 0 aliphatic rings. The number of hydrogen-bond acceptors (Lipinski definition) is 7. The first-order chi connectivity index (χ1) is 17.6. The van der Waals surface area contributed by atoms with E-state index >= 15 is 0 Å². The zero-order valence-corrected chi connectivity index (χ0v) is 20.3. The van der Waals surface area contributed by atoms with E-state index in [2.05, 4.69) is 20.6 Å². The highest BCUT2D eigenvalue weighted by Gasteiger charge is 2.33. The molecule has 0 atom stereocenters. The van der Waals surface area contributed by atoms with Crippen molar-refractivity contribution in [2.24, 2.45) is 5.73 Å². The van der Waals surface area contributed by atoms with Gasteiger partial charge >= 0.3 is 6.18 Å². The first kappa shape index (κ1) is 26.0. The minimum absolute atomic E-state index is 0.0455. The number of alkyl halides is 3. The van der Waals surface area contributed by atoms with Gasteiger partial charge in [-0.25, -0.2) is 9.97 Å². The van der Waals surface area contributed by atoms with Crippen molar-refractivity contribution in [1.82, 2.24) is 20.6 Å². The van der Waals surface area contributed by atoms with E-state index in [1.165, 1.54) is 12.1 Å². The van der Waals surface area contributed by atoms with Crippen LogP contribution in [0.2, 0.25) is 0 Å². The number of carbonyl (C=O) groups excluding carboxylic acids is 1. The van der Waals surface area contributed by atoms with E-state index in [1.54, 1.807) is 0 Å². The van der Waals surface area contributed by atoms with Gasteiger partial charge in [-0.1, -0.05) is 42.0 Å². The molecule has 0 saturated heterocycles. The van der Waals surface area contributed by atoms with Gasteiger partial charge in [0.15, 0.2) is 11.5 Å². The molecule has 192 valence electrons. The zero-order valence-electron chi connectivity index (χ0n) is 19.5. The van der Waals surface area contributed by atoms with Crippen molar-refractivity contribution in [3.05, 3.63) is 76.8 Å². The Bertz CT molecular complexity index is 1470. The smallest absolute Gasteiger partial charge is 0.433 e. The molecule has 0 fully saturated rings. The summed E-state index contributed by atoms with van der Waals surface area (Å²) in [4.78, 5) is 21.1. The van der Waals surface area contributed by atoms with Crippen LogP contribution in [0.25, 0.3) is 22.4 Å². The average molecular weight is 530 g/mol. The van der Waals surface area contributed by atoms with Crippen molar-refractivity contribution < 1.29 is 27.5 Å².